The molecular weight excluding hydrogens is 316 g/mol. The lowest BCUT2D eigenvalue weighted by molar-refractivity contribution is -0.126. The van der Waals surface area contributed by atoms with Crippen LogP contribution in [-0.2, 0) is 16.1 Å². The summed E-state index contributed by atoms with van der Waals surface area (Å²) in [6, 6.07) is 7.11. The summed E-state index contributed by atoms with van der Waals surface area (Å²) in [6.07, 6.45) is 5.46. The molecule has 1 atom stereocenters. The Labute approximate surface area is 139 Å². The van der Waals surface area contributed by atoms with Crippen LogP contribution in [0, 0.1) is 5.92 Å². The predicted octanol–water partition coefficient (Wildman–Crippen LogP) is 1.71. The molecule has 0 spiro atoms. The van der Waals surface area contributed by atoms with E-state index in [4.69, 9.17) is 11.6 Å². The van der Waals surface area contributed by atoms with Crippen LogP contribution in [0.4, 0.5) is 5.69 Å². The number of carbonyl (C=O) groups excluding carboxylic acids is 2. The maximum atomic E-state index is 12.2. The van der Waals surface area contributed by atoms with E-state index in [0.717, 1.165) is 5.69 Å². The summed E-state index contributed by atoms with van der Waals surface area (Å²) in [6.45, 7) is 1.55. The molecule has 2 aromatic rings. The summed E-state index contributed by atoms with van der Waals surface area (Å²) >= 11 is 5.96. The van der Waals surface area contributed by atoms with E-state index in [0.29, 0.717) is 24.7 Å². The molecule has 1 aliphatic heterocycles. The largest absolute Gasteiger partial charge is 0.354 e. The van der Waals surface area contributed by atoms with Gasteiger partial charge in [0.15, 0.2) is 0 Å². The number of hydrogen-bond donors (Lipinski definition) is 1. The number of benzene rings is 1. The van der Waals surface area contributed by atoms with Gasteiger partial charge in [-0.2, -0.15) is 0 Å². The third-order valence-corrected chi connectivity index (χ3v) is 4.08. The molecule has 7 heteroatoms. The van der Waals surface area contributed by atoms with E-state index in [1.54, 1.807) is 35.6 Å². The predicted molar refractivity (Wildman–Crippen MR) is 87.1 cm³/mol. The molecule has 1 N–H and O–H groups in total. The first-order chi connectivity index (χ1) is 11.1. The number of nitrogens with one attached hydrogen (secondary N) is 1. The third kappa shape index (κ3) is 3.71. The van der Waals surface area contributed by atoms with Crippen LogP contribution in [0.5, 0.6) is 0 Å². The monoisotopic (exact) mass is 332 g/mol. The van der Waals surface area contributed by atoms with E-state index in [2.05, 4.69) is 10.3 Å². The number of nitrogens with zero attached hydrogens (tertiary/aromatic N) is 3. The lowest BCUT2D eigenvalue weighted by atomic mass is 10.1. The van der Waals surface area contributed by atoms with Crippen LogP contribution in [0.2, 0.25) is 5.02 Å². The highest BCUT2D eigenvalue weighted by Crippen LogP contribution is 2.27. The number of hydrogen-bond acceptors (Lipinski definition) is 3. The van der Waals surface area contributed by atoms with Crippen LogP contribution in [0.3, 0.4) is 0 Å². The smallest absolute Gasteiger partial charge is 0.227 e. The number of halogens is 1. The first-order valence-electron chi connectivity index (χ1n) is 7.43. The van der Waals surface area contributed by atoms with Crippen molar-refractivity contribution in [3.8, 4) is 0 Å². The highest BCUT2D eigenvalue weighted by Gasteiger charge is 2.34. The number of anilines is 1. The van der Waals surface area contributed by atoms with Crippen LogP contribution < -0.4 is 10.2 Å². The summed E-state index contributed by atoms with van der Waals surface area (Å²) in [5, 5.41) is 3.45. The van der Waals surface area contributed by atoms with Crippen LogP contribution >= 0.6 is 11.6 Å². The lowest BCUT2D eigenvalue weighted by Crippen LogP contribution is -2.34. The summed E-state index contributed by atoms with van der Waals surface area (Å²) in [5.74, 6) is -0.478. The molecule has 0 bridgehead atoms. The minimum atomic E-state index is -0.329. The van der Waals surface area contributed by atoms with E-state index < -0.39 is 0 Å². The zero-order chi connectivity index (χ0) is 16.2. The highest BCUT2D eigenvalue weighted by molar-refractivity contribution is 6.30. The lowest BCUT2D eigenvalue weighted by Gasteiger charge is -2.17. The molecule has 2 amide bonds. The normalized spacial score (nSPS) is 17.5. The molecule has 3 rings (SSSR count). The molecule has 1 aliphatic rings. The zero-order valence-corrected chi connectivity index (χ0v) is 13.2. The van der Waals surface area contributed by atoms with Gasteiger partial charge in [-0.05, 0) is 18.2 Å². The van der Waals surface area contributed by atoms with Crippen molar-refractivity contribution in [2.75, 3.05) is 18.0 Å². The molecule has 0 saturated carbocycles. The van der Waals surface area contributed by atoms with Crippen LogP contribution in [0.1, 0.15) is 6.42 Å². The van der Waals surface area contributed by atoms with Gasteiger partial charge in [0, 0.05) is 49.2 Å². The first kappa shape index (κ1) is 15.6. The molecule has 6 nitrogen and oxygen atoms in total. The van der Waals surface area contributed by atoms with Crippen LogP contribution in [0.15, 0.2) is 43.0 Å². The van der Waals surface area contributed by atoms with Gasteiger partial charge in [0.05, 0.1) is 12.2 Å². The fourth-order valence-corrected chi connectivity index (χ4v) is 2.83. The molecule has 23 heavy (non-hydrogen) atoms. The van der Waals surface area contributed by atoms with E-state index in [1.165, 1.54) is 0 Å². The molecule has 1 unspecified atom stereocenters. The van der Waals surface area contributed by atoms with E-state index >= 15 is 0 Å². The maximum Gasteiger partial charge on any atom is 0.227 e. The Morgan fingerprint density at radius 2 is 2.30 bits per heavy atom. The van der Waals surface area contributed by atoms with Gasteiger partial charge in [-0.3, -0.25) is 9.59 Å². The Hall–Kier alpha value is -2.34. The number of aromatic nitrogens is 2. The number of rotatable bonds is 5. The second kappa shape index (κ2) is 6.83. The van der Waals surface area contributed by atoms with E-state index in [9.17, 15) is 9.59 Å². The molecule has 0 radical (unpaired) electrons. The zero-order valence-electron chi connectivity index (χ0n) is 12.5. The first-order valence-corrected chi connectivity index (χ1v) is 7.80. The Bertz CT molecular complexity index is 702. The van der Waals surface area contributed by atoms with Crippen molar-refractivity contribution in [3.05, 3.63) is 48.0 Å². The van der Waals surface area contributed by atoms with Crippen molar-refractivity contribution < 1.29 is 9.59 Å². The number of amides is 2. The minimum Gasteiger partial charge on any atom is -0.354 e. The van der Waals surface area contributed by atoms with Crippen molar-refractivity contribution in [2.45, 2.75) is 13.0 Å². The summed E-state index contributed by atoms with van der Waals surface area (Å²) < 4.78 is 1.89. The second-order valence-corrected chi connectivity index (χ2v) is 5.91. The van der Waals surface area contributed by atoms with Gasteiger partial charge in [0.2, 0.25) is 11.8 Å². The molecule has 120 valence electrons. The van der Waals surface area contributed by atoms with Gasteiger partial charge in [0.25, 0.3) is 0 Å². The Morgan fingerprint density at radius 3 is 3.04 bits per heavy atom. The fraction of sp³-hybridized carbons (Fsp3) is 0.312. The average Bonchev–Trinajstić information content (AvgIpc) is 3.16. The van der Waals surface area contributed by atoms with Crippen LogP contribution in [-0.4, -0.2) is 34.5 Å². The van der Waals surface area contributed by atoms with Gasteiger partial charge in [-0.15, -0.1) is 0 Å². The van der Waals surface area contributed by atoms with Gasteiger partial charge in [-0.1, -0.05) is 17.7 Å². The summed E-state index contributed by atoms with van der Waals surface area (Å²) in [4.78, 5) is 29.9. The van der Waals surface area contributed by atoms with Crippen LogP contribution in [0.25, 0.3) is 0 Å². The molecule has 1 saturated heterocycles. The molecular formula is C16H17ClN4O2. The Kier molecular flexibility index (Phi) is 4.62. The molecule has 1 aromatic heterocycles. The standard InChI is InChI=1S/C16H17ClN4O2/c17-13-2-1-3-14(9-13)21-10-12(8-15(21)22)16(23)19-5-7-20-6-4-18-11-20/h1-4,6,9,11-12H,5,7-8,10H2,(H,19,23). The van der Waals surface area contributed by atoms with Gasteiger partial charge >= 0.3 is 0 Å². The maximum absolute atomic E-state index is 12.2. The van der Waals surface area contributed by atoms with Crippen molar-refractivity contribution >= 4 is 29.1 Å². The fourth-order valence-electron chi connectivity index (χ4n) is 2.65. The summed E-state index contributed by atoms with van der Waals surface area (Å²) in [7, 11) is 0. The Balaban J connectivity index is 1.55. The third-order valence-electron chi connectivity index (χ3n) is 3.84. The molecule has 1 fully saturated rings. The highest BCUT2D eigenvalue weighted by atomic mass is 35.5. The van der Waals surface area contributed by atoms with Crippen molar-refractivity contribution in [2.24, 2.45) is 5.92 Å². The molecule has 1 aromatic carbocycles. The minimum absolute atomic E-state index is 0.0537. The Morgan fingerprint density at radius 1 is 1.43 bits per heavy atom. The van der Waals surface area contributed by atoms with Gasteiger partial charge in [-0.25, -0.2) is 4.98 Å². The van der Waals surface area contributed by atoms with Gasteiger partial charge < -0.3 is 14.8 Å². The summed E-state index contributed by atoms with van der Waals surface area (Å²) in [5.41, 5.74) is 0.733. The topological polar surface area (TPSA) is 67.2 Å². The number of imidazole rings is 1. The van der Waals surface area contributed by atoms with E-state index in [1.807, 2.05) is 16.8 Å². The molecule has 0 aliphatic carbocycles. The van der Waals surface area contributed by atoms with Crippen molar-refractivity contribution in [1.82, 2.24) is 14.9 Å². The number of carbonyl (C=O) groups is 2. The quantitative estimate of drug-likeness (QED) is 0.906. The van der Waals surface area contributed by atoms with Crippen molar-refractivity contribution in [3.63, 3.8) is 0 Å². The van der Waals surface area contributed by atoms with Crippen molar-refractivity contribution in [1.29, 1.82) is 0 Å². The SMILES string of the molecule is O=C(NCCn1ccnc1)C1CC(=O)N(c2cccc(Cl)c2)C1. The molecule has 2 heterocycles. The average molecular weight is 333 g/mol. The second-order valence-electron chi connectivity index (χ2n) is 5.48. The van der Waals surface area contributed by atoms with Gasteiger partial charge in [0.1, 0.15) is 0 Å². The van der Waals surface area contributed by atoms with E-state index in [-0.39, 0.29) is 24.2 Å².